The minimum absolute atomic E-state index is 0. The van der Waals surface area contributed by atoms with Gasteiger partial charge >= 0.3 is 27.6 Å². The van der Waals surface area contributed by atoms with Crippen LogP contribution in [0, 0.1) is 0 Å². The maximum atomic E-state index is 10.4. The fraction of sp³-hybridized carbons (Fsp3) is 1.00. The Morgan fingerprint density at radius 3 is 1.45 bits per heavy atom. The van der Waals surface area contributed by atoms with Crippen molar-refractivity contribution in [3.8, 4) is 0 Å². The van der Waals surface area contributed by atoms with Crippen LogP contribution in [0.5, 0.6) is 0 Å². The summed E-state index contributed by atoms with van der Waals surface area (Å²) in [5.74, 6) is 0. The van der Waals surface area contributed by atoms with Crippen LogP contribution in [0.15, 0.2) is 0 Å². The Balaban J connectivity index is 0. The summed E-state index contributed by atoms with van der Waals surface area (Å²) in [6, 6.07) is 0. The quantitative estimate of drug-likeness (QED) is 0.280. The summed E-state index contributed by atoms with van der Waals surface area (Å²) in [7, 11) is -4.25. The van der Waals surface area contributed by atoms with Crippen molar-refractivity contribution in [1.82, 2.24) is 0 Å². The van der Waals surface area contributed by atoms with Gasteiger partial charge in [0, 0.05) is 0 Å². The normalized spacial score (nSPS) is 11.3. The van der Waals surface area contributed by atoms with Gasteiger partial charge in [-0.3, -0.25) is 4.52 Å². The fourth-order valence-corrected chi connectivity index (χ4v) is 2.49. The summed E-state index contributed by atoms with van der Waals surface area (Å²) in [5.41, 5.74) is 0. The Bertz CT molecular complexity index is 233. The molecule has 2 N–H and O–H groups in total. The molecule has 0 saturated heterocycles. The van der Waals surface area contributed by atoms with Gasteiger partial charge in [0.05, 0.1) is 6.61 Å². The van der Waals surface area contributed by atoms with Crippen molar-refractivity contribution in [3.63, 3.8) is 0 Å². The molecule has 122 valence electrons. The van der Waals surface area contributed by atoms with E-state index in [9.17, 15) is 4.57 Å². The van der Waals surface area contributed by atoms with Gasteiger partial charge in [0.25, 0.3) is 0 Å². The molecule has 0 unspecified atom stereocenters. The molecule has 0 amide bonds. The van der Waals surface area contributed by atoms with Crippen LogP contribution < -0.4 is 0 Å². The molecule has 20 heavy (non-hydrogen) atoms. The van der Waals surface area contributed by atoms with Crippen molar-refractivity contribution in [1.29, 1.82) is 0 Å². The number of rotatable bonds is 14. The zero-order valence-electron chi connectivity index (χ0n) is 12.4. The van der Waals surface area contributed by atoms with Gasteiger partial charge in [-0.2, -0.15) is 0 Å². The van der Waals surface area contributed by atoms with E-state index >= 15 is 0 Å². The number of phosphoric acid groups is 1. The molecular weight excluding hydrogens is 333 g/mol. The summed E-state index contributed by atoms with van der Waals surface area (Å²) in [5, 5.41) is 0. The minimum atomic E-state index is -4.25. The molecule has 0 aromatic rings. The first kappa shape index (κ1) is 23.0. The topological polar surface area (TPSA) is 66.8 Å². The van der Waals surface area contributed by atoms with Crippen molar-refractivity contribution in [2.24, 2.45) is 0 Å². The molecule has 6 heteroatoms. The third-order valence-corrected chi connectivity index (χ3v) is 3.78. The van der Waals surface area contributed by atoms with Crippen LogP contribution in [0.1, 0.15) is 84.0 Å². The van der Waals surface area contributed by atoms with Gasteiger partial charge < -0.3 is 9.79 Å². The van der Waals surface area contributed by atoms with E-state index in [0.29, 0.717) is 0 Å². The van der Waals surface area contributed by atoms with E-state index in [1.807, 2.05) is 0 Å². The second-order valence-electron chi connectivity index (χ2n) is 5.21. The Morgan fingerprint density at radius 1 is 0.750 bits per heavy atom. The van der Waals surface area contributed by atoms with Crippen LogP contribution in [-0.4, -0.2) is 36.2 Å². The van der Waals surface area contributed by atoms with E-state index in [2.05, 4.69) is 11.4 Å². The third kappa shape index (κ3) is 21.1. The SMILES string of the molecule is CCCCCCCCCCCCCCOP(=O)(O)O.[GaH3]. The molecular formula is C14H34GaO4P. The zero-order chi connectivity index (χ0) is 14.4. The van der Waals surface area contributed by atoms with Gasteiger partial charge in [0.15, 0.2) is 0 Å². The van der Waals surface area contributed by atoms with Crippen LogP contribution in [0.2, 0.25) is 0 Å². The average Bonchev–Trinajstić information content (AvgIpc) is 2.34. The van der Waals surface area contributed by atoms with E-state index in [1.54, 1.807) is 0 Å². The van der Waals surface area contributed by atoms with Crippen LogP contribution in [0.25, 0.3) is 0 Å². The molecule has 0 aliphatic heterocycles. The number of hydrogen-bond donors (Lipinski definition) is 2. The second-order valence-corrected chi connectivity index (χ2v) is 6.45. The van der Waals surface area contributed by atoms with E-state index in [0.717, 1.165) is 19.3 Å². The van der Waals surface area contributed by atoms with Gasteiger partial charge in [-0.05, 0) is 6.42 Å². The Labute approximate surface area is 137 Å². The van der Waals surface area contributed by atoms with Crippen LogP contribution in [0.4, 0.5) is 0 Å². The molecule has 0 aromatic heterocycles. The van der Waals surface area contributed by atoms with Gasteiger partial charge in [-0.25, -0.2) is 4.57 Å². The standard InChI is InChI=1S/C14H31O4P.Ga.3H/c1-2-3-4-5-6-7-8-9-10-11-12-13-14-18-19(15,16)17;;;;/h2-14H2,1H3,(H2,15,16,17);;;;. The molecule has 4 nitrogen and oxygen atoms in total. The summed E-state index contributed by atoms with van der Waals surface area (Å²) >= 11 is 0. The fourth-order valence-electron chi connectivity index (χ4n) is 2.13. The van der Waals surface area contributed by atoms with Crippen molar-refractivity contribution in [2.45, 2.75) is 84.0 Å². The number of hydrogen-bond acceptors (Lipinski definition) is 2. The summed E-state index contributed by atoms with van der Waals surface area (Å²) < 4.78 is 14.8. The first-order valence-corrected chi connectivity index (χ1v) is 9.29. The molecule has 0 bridgehead atoms. The molecule has 0 fully saturated rings. The molecule has 0 aliphatic carbocycles. The number of phosphoric ester groups is 1. The van der Waals surface area contributed by atoms with E-state index < -0.39 is 7.82 Å². The molecule has 0 aliphatic rings. The Morgan fingerprint density at radius 2 is 1.10 bits per heavy atom. The Hall–Kier alpha value is 0.746. The third-order valence-electron chi connectivity index (χ3n) is 3.26. The first-order chi connectivity index (χ1) is 9.06. The predicted molar refractivity (Wildman–Crippen MR) is 89.0 cm³/mol. The Kier molecular flexibility index (Phi) is 18.6. The second kappa shape index (κ2) is 16.1. The van der Waals surface area contributed by atoms with Gasteiger partial charge in [0.2, 0.25) is 0 Å². The van der Waals surface area contributed by atoms with Crippen molar-refractivity contribution in [2.75, 3.05) is 6.61 Å². The maximum absolute atomic E-state index is 10.4. The predicted octanol–water partition coefficient (Wildman–Crippen LogP) is 3.61. The number of unbranched alkanes of at least 4 members (excludes halogenated alkanes) is 11. The monoisotopic (exact) mass is 366 g/mol. The summed E-state index contributed by atoms with van der Waals surface area (Å²) in [6.07, 6.45) is 14.9. The van der Waals surface area contributed by atoms with Crippen molar-refractivity contribution >= 4 is 27.6 Å². The molecule has 0 aromatic carbocycles. The van der Waals surface area contributed by atoms with Gasteiger partial charge in [0.1, 0.15) is 0 Å². The van der Waals surface area contributed by atoms with Gasteiger partial charge in [-0.1, -0.05) is 77.6 Å². The van der Waals surface area contributed by atoms with Crippen LogP contribution >= 0.6 is 7.82 Å². The molecule has 0 saturated carbocycles. The van der Waals surface area contributed by atoms with Crippen molar-refractivity contribution < 1.29 is 18.9 Å². The molecule has 0 spiro atoms. The van der Waals surface area contributed by atoms with Crippen molar-refractivity contribution in [3.05, 3.63) is 0 Å². The van der Waals surface area contributed by atoms with E-state index in [-0.39, 0.29) is 26.4 Å². The summed E-state index contributed by atoms with van der Waals surface area (Å²) in [4.78, 5) is 17.0. The van der Waals surface area contributed by atoms with E-state index in [4.69, 9.17) is 9.79 Å². The van der Waals surface area contributed by atoms with Crippen LogP contribution in [0.3, 0.4) is 0 Å². The first-order valence-electron chi connectivity index (χ1n) is 7.76. The molecule has 0 rings (SSSR count). The van der Waals surface area contributed by atoms with E-state index in [1.165, 1.54) is 57.8 Å². The summed E-state index contributed by atoms with van der Waals surface area (Å²) in [6.45, 7) is 2.41. The average molecular weight is 367 g/mol. The molecule has 0 atom stereocenters. The van der Waals surface area contributed by atoms with Crippen LogP contribution in [-0.2, 0) is 9.09 Å². The molecule has 0 heterocycles. The van der Waals surface area contributed by atoms with Gasteiger partial charge in [-0.15, -0.1) is 0 Å². The zero-order valence-corrected chi connectivity index (χ0v) is 13.2. The molecule has 0 radical (unpaired) electrons.